The number of hydrogen-bond donors (Lipinski definition) is 2. The van der Waals surface area contributed by atoms with E-state index >= 15 is 0 Å². The molecule has 0 bridgehead atoms. The van der Waals surface area contributed by atoms with Crippen LogP contribution in [0.1, 0.15) is 128 Å². The average Bonchev–Trinajstić information content (AvgIpc) is 3.64. The van der Waals surface area contributed by atoms with E-state index in [0.717, 1.165) is 32.4 Å². The largest absolute Gasteiger partial charge is 0.478 e. The molecule has 0 unspecified atom stereocenters. The Hall–Kier alpha value is -2.40. The normalized spacial score (nSPS) is 43.3. The number of likely N-dealkylation sites (tertiary alicyclic amines) is 1. The number of amides is 1. The summed E-state index contributed by atoms with van der Waals surface area (Å²) in [5.74, 6) is 2.46. The predicted octanol–water partition coefficient (Wildman–Crippen LogP) is 9.25. The van der Waals surface area contributed by atoms with Gasteiger partial charge < -0.3 is 10.4 Å². The van der Waals surface area contributed by atoms with Gasteiger partial charge in [0.2, 0.25) is 5.91 Å². The smallest absolute Gasteiger partial charge is 0.335 e. The molecule has 262 valence electrons. The molecule has 1 aromatic carbocycles. The van der Waals surface area contributed by atoms with Crippen molar-refractivity contribution in [2.75, 3.05) is 20.1 Å². The number of aromatic carboxylic acids is 1. The van der Waals surface area contributed by atoms with E-state index < -0.39 is 5.97 Å². The highest BCUT2D eigenvalue weighted by Gasteiger charge is 2.70. The standard InChI is InChI=1S/C43H62N2O3/c1-27(2)30-17-22-43(26-44-37(46)33-10-9-25-45(33)8)24-23-41(6)32(36(30)43)15-16-35-40(5)20-18-31(28-11-13-29(14-12-28)38(47)48)39(3,4)34(40)19-21-42(35,41)7/h11-14,18,30,32-36H,1,9-10,15-17,19-26H2,2-8H3,(H,44,46)(H,47,48)/t30-,32+,33-,34-,35+,36+,40-,41+,42+,43+/m0/s1. The van der Waals surface area contributed by atoms with Gasteiger partial charge in [0.25, 0.3) is 0 Å². The van der Waals surface area contributed by atoms with Gasteiger partial charge in [0.1, 0.15) is 0 Å². The Balaban J connectivity index is 1.18. The van der Waals surface area contributed by atoms with E-state index in [4.69, 9.17) is 0 Å². The molecule has 2 N–H and O–H groups in total. The van der Waals surface area contributed by atoms with Crippen LogP contribution in [-0.2, 0) is 4.79 Å². The molecule has 48 heavy (non-hydrogen) atoms. The zero-order chi connectivity index (χ0) is 34.4. The van der Waals surface area contributed by atoms with E-state index in [9.17, 15) is 14.7 Å². The lowest BCUT2D eigenvalue weighted by Crippen LogP contribution is -2.66. The lowest BCUT2D eigenvalue weighted by atomic mass is 9.32. The van der Waals surface area contributed by atoms with Gasteiger partial charge in [0, 0.05) is 6.54 Å². The van der Waals surface area contributed by atoms with Gasteiger partial charge in [-0.3, -0.25) is 9.69 Å². The predicted molar refractivity (Wildman–Crippen MR) is 194 cm³/mol. The molecule has 1 amide bonds. The van der Waals surface area contributed by atoms with Crippen molar-refractivity contribution in [3.63, 3.8) is 0 Å². The topological polar surface area (TPSA) is 69.6 Å². The number of allylic oxidation sites excluding steroid dienone is 3. The minimum Gasteiger partial charge on any atom is -0.478 e. The summed E-state index contributed by atoms with van der Waals surface area (Å²) in [7, 11) is 2.11. The third-order valence-electron chi connectivity index (χ3n) is 16.7. The molecule has 5 nitrogen and oxygen atoms in total. The van der Waals surface area contributed by atoms with Crippen LogP contribution < -0.4 is 5.32 Å². The molecule has 5 aliphatic carbocycles. The first-order chi connectivity index (χ1) is 22.6. The van der Waals surface area contributed by atoms with Crippen molar-refractivity contribution in [2.45, 2.75) is 118 Å². The van der Waals surface area contributed by atoms with Gasteiger partial charge in [-0.1, -0.05) is 65.0 Å². The van der Waals surface area contributed by atoms with Crippen LogP contribution in [0.3, 0.4) is 0 Å². The van der Waals surface area contributed by atoms with Crippen molar-refractivity contribution >= 4 is 17.4 Å². The van der Waals surface area contributed by atoms with Gasteiger partial charge >= 0.3 is 5.97 Å². The molecule has 1 saturated heterocycles. The first-order valence-electron chi connectivity index (χ1n) is 19.3. The number of carbonyl (C=O) groups excluding carboxylic acids is 1. The molecule has 7 rings (SSSR count). The van der Waals surface area contributed by atoms with Crippen LogP contribution in [0.2, 0.25) is 0 Å². The van der Waals surface area contributed by atoms with Crippen molar-refractivity contribution in [3.8, 4) is 0 Å². The van der Waals surface area contributed by atoms with Gasteiger partial charge in [-0.2, -0.15) is 0 Å². The Morgan fingerprint density at radius 2 is 1.65 bits per heavy atom. The highest BCUT2D eigenvalue weighted by atomic mass is 16.4. The summed E-state index contributed by atoms with van der Waals surface area (Å²) in [5.41, 5.74) is 5.27. The number of rotatable bonds is 6. The molecule has 0 radical (unpaired) electrons. The third-order valence-corrected chi connectivity index (χ3v) is 16.7. The van der Waals surface area contributed by atoms with Gasteiger partial charge in [-0.15, -0.1) is 0 Å². The van der Waals surface area contributed by atoms with Crippen LogP contribution in [-0.4, -0.2) is 48.1 Å². The number of fused-ring (bicyclic) bond motifs is 7. The van der Waals surface area contributed by atoms with Crippen LogP contribution in [0.15, 0.2) is 42.5 Å². The fraction of sp³-hybridized carbons (Fsp3) is 0.721. The van der Waals surface area contributed by atoms with Crippen LogP contribution in [0, 0.1) is 56.7 Å². The number of carbonyl (C=O) groups is 2. The highest BCUT2D eigenvalue weighted by molar-refractivity contribution is 5.88. The molecule has 10 atom stereocenters. The van der Waals surface area contributed by atoms with Crippen molar-refractivity contribution in [2.24, 2.45) is 56.7 Å². The van der Waals surface area contributed by atoms with Gasteiger partial charge in [-0.05, 0) is 171 Å². The van der Waals surface area contributed by atoms with E-state index in [0.29, 0.717) is 35.2 Å². The fourth-order valence-electron chi connectivity index (χ4n) is 14.1. The second kappa shape index (κ2) is 11.6. The maximum Gasteiger partial charge on any atom is 0.335 e. The number of nitrogens with one attached hydrogen (secondary N) is 1. The molecular weight excluding hydrogens is 592 g/mol. The van der Waals surface area contributed by atoms with Crippen LogP contribution in [0.5, 0.6) is 0 Å². The van der Waals surface area contributed by atoms with Crippen molar-refractivity contribution in [1.82, 2.24) is 10.2 Å². The molecule has 5 fully saturated rings. The molecule has 6 aliphatic rings. The molecule has 1 heterocycles. The number of likely N-dealkylation sites (N-methyl/N-ethyl adjacent to an activating group) is 1. The summed E-state index contributed by atoms with van der Waals surface area (Å²) in [5, 5.41) is 13.0. The first-order valence-corrected chi connectivity index (χ1v) is 19.3. The van der Waals surface area contributed by atoms with E-state index in [1.54, 1.807) is 12.1 Å². The lowest BCUT2D eigenvalue weighted by molar-refractivity contribution is -0.225. The second-order valence-corrected chi connectivity index (χ2v) is 18.8. The van der Waals surface area contributed by atoms with Crippen LogP contribution in [0.25, 0.3) is 5.57 Å². The molecule has 0 aromatic heterocycles. The van der Waals surface area contributed by atoms with Crippen molar-refractivity contribution in [3.05, 3.63) is 53.6 Å². The van der Waals surface area contributed by atoms with E-state index in [2.05, 4.69) is 71.5 Å². The molecule has 0 spiro atoms. The summed E-state index contributed by atoms with van der Waals surface area (Å²) in [4.78, 5) is 27.3. The molecule has 1 aromatic rings. The summed E-state index contributed by atoms with van der Waals surface area (Å²) in [6.07, 6.45) is 15.8. The molecule has 1 aliphatic heterocycles. The van der Waals surface area contributed by atoms with Gasteiger partial charge in [-0.25, -0.2) is 4.79 Å². The van der Waals surface area contributed by atoms with E-state index in [-0.39, 0.29) is 39.0 Å². The highest BCUT2D eigenvalue weighted by Crippen LogP contribution is 2.77. The molecule has 4 saturated carbocycles. The maximum atomic E-state index is 13.5. The van der Waals surface area contributed by atoms with E-state index in [1.165, 1.54) is 68.1 Å². The number of benzene rings is 1. The number of hydrogen-bond acceptors (Lipinski definition) is 3. The third kappa shape index (κ3) is 4.78. The zero-order valence-electron chi connectivity index (χ0n) is 31.0. The Morgan fingerprint density at radius 1 is 0.917 bits per heavy atom. The van der Waals surface area contributed by atoms with Gasteiger partial charge in [0.15, 0.2) is 0 Å². The maximum absolute atomic E-state index is 13.5. The number of carboxylic acid groups (broad SMARTS) is 1. The van der Waals surface area contributed by atoms with E-state index in [1.807, 2.05) is 12.1 Å². The van der Waals surface area contributed by atoms with Gasteiger partial charge in [0.05, 0.1) is 11.6 Å². The monoisotopic (exact) mass is 654 g/mol. The van der Waals surface area contributed by atoms with Crippen LogP contribution in [0.4, 0.5) is 0 Å². The SMILES string of the molecule is C=C(C)[C@@H]1CC[C@]2(CNC(=O)[C@@H]3CCCN3C)CC[C@]3(C)[C@H](CC[C@@H]4[C@@]5(C)CC=C(c6ccc(C(=O)O)cc6)C(C)(C)[C@@H]5CC[C@]43C)[C@@H]12. The Labute approximate surface area is 290 Å². The first kappa shape index (κ1) is 34.1. The Morgan fingerprint density at radius 3 is 2.29 bits per heavy atom. The number of nitrogens with zero attached hydrogens (tertiary/aromatic N) is 1. The minimum absolute atomic E-state index is 0.0145. The van der Waals surface area contributed by atoms with Crippen molar-refractivity contribution < 1.29 is 14.7 Å². The average molecular weight is 655 g/mol. The minimum atomic E-state index is -0.865. The summed E-state index contributed by atoms with van der Waals surface area (Å²) in [6, 6.07) is 7.63. The Kier molecular flexibility index (Phi) is 8.21. The lowest BCUT2D eigenvalue weighted by Gasteiger charge is -2.72. The Bertz CT molecular complexity index is 1510. The second-order valence-electron chi connectivity index (χ2n) is 18.8. The fourth-order valence-corrected chi connectivity index (χ4v) is 14.1. The quantitative estimate of drug-likeness (QED) is 0.300. The summed E-state index contributed by atoms with van der Waals surface area (Å²) >= 11 is 0. The summed E-state index contributed by atoms with van der Waals surface area (Å²) < 4.78 is 0. The zero-order valence-corrected chi connectivity index (χ0v) is 31.0. The molecule has 5 heteroatoms. The van der Waals surface area contributed by atoms with Crippen molar-refractivity contribution in [1.29, 1.82) is 0 Å². The summed E-state index contributed by atoms with van der Waals surface area (Å²) in [6.45, 7) is 21.7. The van der Waals surface area contributed by atoms with Crippen LogP contribution >= 0.6 is 0 Å². The molecular formula is C43H62N2O3. The number of carboxylic acids is 1.